The maximum Gasteiger partial charge on any atom is 0.469 e. The first-order chi connectivity index (χ1) is 14.7. The average molecular weight is 465 g/mol. The molecule has 1 heterocycles. The fourth-order valence-corrected chi connectivity index (χ4v) is 3.59. The van der Waals surface area contributed by atoms with Crippen LogP contribution in [-0.4, -0.2) is 27.3 Å². The number of aromatic amines is 1. The third-order valence-electron chi connectivity index (χ3n) is 4.65. The Bertz CT molecular complexity index is 1170. The van der Waals surface area contributed by atoms with E-state index in [0.717, 1.165) is 11.1 Å². The van der Waals surface area contributed by atoms with Crippen LogP contribution < -0.4 is 10.7 Å². The fourth-order valence-electron chi connectivity index (χ4n) is 3.09. The number of hydrogen-bond acceptors (Lipinski definition) is 4. The van der Waals surface area contributed by atoms with Crippen LogP contribution in [0, 0.1) is 0 Å². The largest absolute Gasteiger partial charge is 0.469 e. The van der Waals surface area contributed by atoms with Crippen LogP contribution in [0.3, 0.4) is 0 Å². The number of pyridine rings is 1. The topological polar surface area (TPSA) is 129 Å². The molecule has 0 atom stereocenters. The van der Waals surface area contributed by atoms with Crippen molar-refractivity contribution in [2.75, 3.05) is 6.61 Å². The predicted molar refractivity (Wildman–Crippen MR) is 118 cm³/mol. The summed E-state index contributed by atoms with van der Waals surface area (Å²) in [4.78, 5) is 45.6. The highest BCUT2D eigenvalue weighted by atomic mass is 35.5. The van der Waals surface area contributed by atoms with Gasteiger partial charge in [-0.1, -0.05) is 29.8 Å². The Morgan fingerprint density at radius 1 is 1.13 bits per heavy atom. The van der Waals surface area contributed by atoms with E-state index in [2.05, 4.69) is 14.8 Å². The van der Waals surface area contributed by atoms with E-state index >= 15 is 0 Å². The molecule has 0 aliphatic heterocycles. The second kappa shape index (κ2) is 10.2. The van der Waals surface area contributed by atoms with Gasteiger partial charge in [-0.2, -0.15) is 0 Å². The zero-order valence-electron chi connectivity index (χ0n) is 16.5. The minimum Gasteiger partial charge on any atom is -0.361 e. The van der Waals surface area contributed by atoms with Gasteiger partial charge in [0.25, 0.3) is 0 Å². The second-order valence-corrected chi connectivity index (χ2v) is 8.71. The minimum absolute atomic E-state index is 0.0563. The molecule has 0 aliphatic carbocycles. The number of amides is 1. The average Bonchev–Trinajstić information content (AvgIpc) is 2.72. The number of aryl methyl sites for hydroxylation is 1. The molecule has 2 aromatic carbocycles. The number of carbonyl (C=O) groups excluding carboxylic acids is 1. The Hall–Kier alpha value is -2.48. The summed E-state index contributed by atoms with van der Waals surface area (Å²) in [5.41, 5.74) is 2.49. The first-order valence-corrected chi connectivity index (χ1v) is 11.5. The number of carbonyl (C=O) groups is 1. The summed E-state index contributed by atoms with van der Waals surface area (Å²) in [5, 5.41) is 3.86. The third-order valence-corrected chi connectivity index (χ3v) is 5.42. The van der Waals surface area contributed by atoms with Crippen LogP contribution in [0.2, 0.25) is 5.02 Å². The van der Waals surface area contributed by atoms with Crippen molar-refractivity contribution in [3.8, 4) is 0 Å². The quantitative estimate of drug-likeness (QED) is 0.284. The number of benzene rings is 2. The van der Waals surface area contributed by atoms with Gasteiger partial charge in [0, 0.05) is 34.2 Å². The molecule has 0 unspecified atom stereocenters. The van der Waals surface area contributed by atoms with Gasteiger partial charge in [0.2, 0.25) is 5.91 Å². The SMILES string of the molecule is O=C(Cc1c[nH]c2ccc(CCCOP(=O)(O)O)cc2c1=O)NCc1ccc(Cl)cc1. The summed E-state index contributed by atoms with van der Waals surface area (Å²) in [6.45, 7) is 0.245. The summed E-state index contributed by atoms with van der Waals surface area (Å²) in [6.07, 6.45) is 2.36. The fraction of sp³-hybridized carbons (Fsp3) is 0.238. The molecule has 164 valence electrons. The number of rotatable bonds is 9. The van der Waals surface area contributed by atoms with Crippen LogP contribution in [0.15, 0.2) is 53.5 Å². The number of phosphoric acid groups is 1. The van der Waals surface area contributed by atoms with E-state index in [1.807, 2.05) is 18.2 Å². The maximum absolute atomic E-state index is 12.8. The highest BCUT2D eigenvalue weighted by Gasteiger charge is 2.13. The molecule has 31 heavy (non-hydrogen) atoms. The summed E-state index contributed by atoms with van der Waals surface area (Å²) < 4.78 is 15.2. The Labute approximate surface area is 183 Å². The first-order valence-electron chi connectivity index (χ1n) is 9.56. The number of H-pyrrole nitrogens is 1. The van der Waals surface area contributed by atoms with Crippen molar-refractivity contribution >= 4 is 36.2 Å². The number of halogens is 1. The molecular formula is C21H22ClN2O6P. The molecule has 0 fully saturated rings. The molecule has 1 aromatic heterocycles. The standard InChI is InChI=1S/C21H22ClN2O6P/c22-17-6-3-15(4-7-17)12-24-20(25)11-16-13-23-19-8-5-14(10-18(19)21(16)26)2-1-9-30-31(27,28)29/h3-8,10,13H,1-2,9,11-12H2,(H,23,26)(H,24,25)(H2,27,28,29). The van der Waals surface area contributed by atoms with Crippen molar-refractivity contribution in [2.24, 2.45) is 0 Å². The van der Waals surface area contributed by atoms with Crippen molar-refractivity contribution < 1.29 is 23.7 Å². The van der Waals surface area contributed by atoms with Gasteiger partial charge in [-0.25, -0.2) is 4.57 Å². The second-order valence-electron chi connectivity index (χ2n) is 7.03. The summed E-state index contributed by atoms with van der Waals surface area (Å²) in [7, 11) is -4.48. The van der Waals surface area contributed by atoms with Crippen molar-refractivity contribution in [1.82, 2.24) is 10.3 Å². The van der Waals surface area contributed by atoms with Crippen LogP contribution in [0.4, 0.5) is 0 Å². The molecular weight excluding hydrogens is 443 g/mol. The van der Waals surface area contributed by atoms with Gasteiger partial charge in [-0.15, -0.1) is 0 Å². The molecule has 0 saturated carbocycles. The van der Waals surface area contributed by atoms with Crippen molar-refractivity contribution in [3.05, 3.63) is 80.6 Å². The minimum atomic E-state index is -4.48. The smallest absolute Gasteiger partial charge is 0.361 e. The number of phosphoric ester groups is 1. The number of nitrogens with one attached hydrogen (secondary N) is 2. The molecule has 10 heteroatoms. The maximum atomic E-state index is 12.8. The molecule has 8 nitrogen and oxygen atoms in total. The van der Waals surface area contributed by atoms with E-state index in [4.69, 9.17) is 21.4 Å². The highest BCUT2D eigenvalue weighted by Crippen LogP contribution is 2.35. The van der Waals surface area contributed by atoms with Crippen LogP contribution in [-0.2, 0) is 33.3 Å². The van der Waals surface area contributed by atoms with Crippen LogP contribution in [0.5, 0.6) is 0 Å². The van der Waals surface area contributed by atoms with Crippen molar-refractivity contribution in [3.63, 3.8) is 0 Å². The lowest BCUT2D eigenvalue weighted by molar-refractivity contribution is -0.120. The van der Waals surface area contributed by atoms with Gasteiger partial charge >= 0.3 is 7.82 Å². The summed E-state index contributed by atoms with van der Waals surface area (Å²) >= 11 is 5.85. The molecule has 0 saturated heterocycles. The number of fused-ring (bicyclic) bond motifs is 1. The molecule has 3 aromatic rings. The van der Waals surface area contributed by atoms with Gasteiger partial charge in [0.15, 0.2) is 5.43 Å². The Balaban J connectivity index is 1.64. The zero-order chi connectivity index (χ0) is 22.4. The first kappa shape index (κ1) is 23.2. The van der Waals surface area contributed by atoms with Crippen molar-refractivity contribution in [1.29, 1.82) is 0 Å². The molecule has 0 bridgehead atoms. The monoisotopic (exact) mass is 464 g/mol. The number of hydrogen-bond donors (Lipinski definition) is 4. The highest BCUT2D eigenvalue weighted by molar-refractivity contribution is 7.46. The predicted octanol–water partition coefficient (Wildman–Crippen LogP) is 3.08. The lowest BCUT2D eigenvalue weighted by atomic mass is 10.0. The van der Waals surface area contributed by atoms with Crippen molar-refractivity contribution in [2.45, 2.75) is 25.8 Å². The van der Waals surface area contributed by atoms with Gasteiger partial charge in [-0.05, 0) is 48.2 Å². The Kier molecular flexibility index (Phi) is 7.64. The van der Waals surface area contributed by atoms with E-state index in [1.54, 1.807) is 30.5 Å². The zero-order valence-corrected chi connectivity index (χ0v) is 18.2. The van der Waals surface area contributed by atoms with E-state index in [9.17, 15) is 14.2 Å². The van der Waals surface area contributed by atoms with E-state index < -0.39 is 7.82 Å². The molecule has 3 rings (SSSR count). The Morgan fingerprint density at radius 2 is 1.84 bits per heavy atom. The summed E-state index contributed by atoms with van der Waals surface area (Å²) in [5.74, 6) is -0.273. The van der Waals surface area contributed by atoms with Gasteiger partial charge < -0.3 is 20.1 Å². The molecule has 0 radical (unpaired) electrons. The van der Waals surface area contributed by atoms with Crippen LogP contribution >= 0.6 is 19.4 Å². The van der Waals surface area contributed by atoms with Gasteiger partial charge in [0.1, 0.15) is 0 Å². The van der Waals surface area contributed by atoms with Gasteiger partial charge in [0.05, 0.1) is 13.0 Å². The third kappa shape index (κ3) is 7.02. The molecule has 4 N–H and O–H groups in total. The molecule has 1 amide bonds. The van der Waals surface area contributed by atoms with Crippen LogP contribution in [0.1, 0.15) is 23.1 Å². The van der Waals surface area contributed by atoms with Gasteiger partial charge in [-0.3, -0.25) is 14.1 Å². The van der Waals surface area contributed by atoms with E-state index in [0.29, 0.717) is 40.9 Å². The van der Waals surface area contributed by atoms with E-state index in [-0.39, 0.29) is 24.4 Å². The lowest BCUT2D eigenvalue weighted by Crippen LogP contribution is -2.27. The molecule has 0 aliphatic rings. The lowest BCUT2D eigenvalue weighted by Gasteiger charge is -2.08. The van der Waals surface area contributed by atoms with Crippen LogP contribution in [0.25, 0.3) is 10.9 Å². The van der Waals surface area contributed by atoms with E-state index in [1.165, 1.54) is 0 Å². The Morgan fingerprint density at radius 3 is 2.55 bits per heavy atom. The normalized spacial score (nSPS) is 11.6. The summed E-state index contributed by atoms with van der Waals surface area (Å²) in [6, 6.07) is 12.4. The molecule has 0 spiro atoms. The number of aromatic nitrogens is 1.